The van der Waals surface area contributed by atoms with E-state index in [1.165, 1.54) is 16.5 Å². The number of halogens is 1. The molecule has 0 bridgehead atoms. The van der Waals surface area contributed by atoms with E-state index in [1.807, 2.05) is 12.1 Å². The van der Waals surface area contributed by atoms with Crippen molar-refractivity contribution in [2.24, 2.45) is 0 Å². The fourth-order valence-electron chi connectivity index (χ4n) is 4.06. The van der Waals surface area contributed by atoms with E-state index in [9.17, 15) is 4.39 Å². The second kappa shape index (κ2) is 7.88. The number of benzene rings is 2. The van der Waals surface area contributed by atoms with Crippen LogP contribution in [0.15, 0.2) is 66.9 Å². The molecule has 2 atom stereocenters. The molecule has 0 radical (unpaired) electrons. The quantitative estimate of drug-likeness (QED) is 0.457. The lowest BCUT2D eigenvalue weighted by molar-refractivity contribution is 0.423. The van der Waals surface area contributed by atoms with Crippen LogP contribution >= 0.6 is 0 Å². The maximum atomic E-state index is 14.2. The standard InChI is InChI=1S/C23H25FN2/c24-21-12-4-2-10-19(21)20-11-7-15-25-23(20)14-5-1-8-17-16-26-22-13-6-3-9-18(17)22/h2-4,6-7,9-13,16,20,23,25-26H,1,5,8,14-15H2. The molecular formula is C23H25FN2. The van der Waals surface area contributed by atoms with Crippen LogP contribution in [-0.4, -0.2) is 17.6 Å². The Morgan fingerprint density at radius 3 is 2.77 bits per heavy atom. The summed E-state index contributed by atoms with van der Waals surface area (Å²) in [4.78, 5) is 3.35. The lowest BCUT2D eigenvalue weighted by Crippen LogP contribution is -2.37. The molecule has 0 spiro atoms. The molecule has 2 N–H and O–H groups in total. The van der Waals surface area contributed by atoms with Crippen molar-refractivity contribution < 1.29 is 4.39 Å². The van der Waals surface area contributed by atoms with E-state index < -0.39 is 0 Å². The Bertz CT molecular complexity index is 896. The highest BCUT2D eigenvalue weighted by molar-refractivity contribution is 5.82. The molecule has 3 heteroatoms. The summed E-state index contributed by atoms with van der Waals surface area (Å²) in [5.41, 5.74) is 3.40. The molecule has 0 saturated heterocycles. The van der Waals surface area contributed by atoms with Gasteiger partial charge in [-0.2, -0.15) is 0 Å². The summed E-state index contributed by atoms with van der Waals surface area (Å²) in [6.07, 6.45) is 10.8. The second-order valence-electron chi connectivity index (χ2n) is 7.10. The Hall–Kier alpha value is -2.39. The number of unbranched alkanes of at least 4 members (excludes halogenated alkanes) is 1. The normalized spacial score (nSPS) is 19.9. The molecule has 1 aliphatic rings. The highest BCUT2D eigenvalue weighted by Gasteiger charge is 2.24. The fourth-order valence-corrected chi connectivity index (χ4v) is 4.06. The van der Waals surface area contributed by atoms with Crippen molar-refractivity contribution in [3.63, 3.8) is 0 Å². The van der Waals surface area contributed by atoms with Crippen LogP contribution in [0.3, 0.4) is 0 Å². The van der Waals surface area contributed by atoms with Crippen LogP contribution in [-0.2, 0) is 6.42 Å². The van der Waals surface area contributed by atoms with Crippen molar-refractivity contribution in [2.75, 3.05) is 6.54 Å². The summed E-state index contributed by atoms with van der Waals surface area (Å²) in [7, 11) is 0. The minimum Gasteiger partial charge on any atom is -0.361 e. The third kappa shape index (κ3) is 3.58. The van der Waals surface area contributed by atoms with Gasteiger partial charge in [-0.25, -0.2) is 4.39 Å². The maximum Gasteiger partial charge on any atom is 0.127 e. The zero-order valence-corrected chi connectivity index (χ0v) is 14.9. The number of para-hydroxylation sites is 1. The van der Waals surface area contributed by atoms with Crippen LogP contribution in [0, 0.1) is 5.82 Å². The molecule has 1 aliphatic heterocycles. The first kappa shape index (κ1) is 17.0. The van der Waals surface area contributed by atoms with Crippen molar-refractivity contribution in [3.8, 4) is 0 Å². The van der Waals surface area contributed by atoms with Crippen LogP contribution in [0.2, 0.25) is 0 Å². The van der Waals surface area contributed by atoms with Gasteiger partial charge in [0, 0.05) is 35.6 Å². The first-order valence-electron chi connectivity index (χ1n) is 9.52. The number of H-pyrrole nitrogens is 1. The highest BCUT2D eigenvalue weighted by Crippen LogP contribution is 2.29. The van der Waals surface area contributed by atoms with E-state index in [0.29, 0.717) is 6.04 Å². The number of nitrogens with one attached hydrogen (secondary N) is 2. The molecule has 4 rings (SSSR count). The maximum absolute atomic E-state index is 14.2. The van der Waals surface area contributed by atoms with Crippen molar-refractivity contribution in [1.29, 1.82) is 0 Å². The lowest BCUT2D eigenvalue weighted by atomic mass is 9.85. The van der Waals surface area contributed by atoms with Gasteiger partial charge in [-0.05, 0) is 42.5 Å². The van der Waals surface area contributed by atoms with E-state index in [-0.39, 0.29) is 11.7 Å². The van der Waals surface area contributed by atoms with Crippen LogP contribution in [0.1, 0.15) is 36.3 Å². The summed E-state index contributed by atoms with van der Waals surface area (Å²) < 4.78 is 14.2. The Labute approximate surface area is 154 Å². The molecule has 134 valence electrons. The van der Waals surface area contributed by atoms with Gasteiger partial charge < -0.3 is 10.3 Å². The van der Waals surface area contributed by atoms with E-state index in [4.69, 9.17) is 0 Å². The Balaban J connectivity index is 1.36. The molecule has 1 aromatic heterocycles. The number of aryl methyl sites for hydroxylation is 1. The Morgan fingerprint density at radius 1 is 1.00 bits per heavy atom. The molecule has 3 aromatic rings. The van der Waals surface area contributed by atoms with E-state index in [2.05, 4.69) is 52.9 Å². The van der Waals surface area contributed by atoms with Crippen molar-refractivity contribution in [2.45, 2.75) is 37.6 Å². The zero-order chi connectivity index (χ0) is 17.8. The summed E-state index contributed by atoms with van der Waals surface area (Å²) in [6, 6.07) is 15.9. The van der Waals surface area contributed by atoms with Crippen LogP contribution in [0.4, 0.5) is 4.39 Å². The van der Waals surface area contributed by atoms with E-state index in [1.54, 1.807) is 12.1 Å². The molecule has 0 saturated carbocycles. The van der Waals surface area contributed by atoms with Gasteiger partial charge in [-0.15, -0.1) is 0 Å². The minimum absolute atomic E-state index is 0.102. The summed E-state index contributed by atoms with van der Waals surface area (Å²) in [5, 5.41) is 4.89. The Morgan fingerprint density at radius 2 is 1.85 bits per heavy atom. The predicted molar refractivity (Wildman–Crippen MR) is 106 cm³/mol. The number of aromatic amines is 1. The average molecular weight is 348 g/mol. The van der Waals surface area contributed by atoms with Gasteiger partial charge in [0.05, 0.1) is 0 Å². The lowest BCUT2D eigenvalue weighted by Gasteiger charge is -2.29. The minimum atomic E-state index is -0.102. The highest BCUT2D eigenvalue weighted by atomic mass is 19.1. The molecule has 0 aliphatic carbocycles. The van der Waals surface area contributed by atoms with Crippen molar-refractivity contribution >= 4 is 10.9 Å². The van der Waals surface area contributed by atoms with Gasteiger partial charge in [-0.1, -0.05) is 55.0 Å². The second-order valence-corrected chi connectivity index (χ2v) is 7.10. The monoisotopic (exact) mass is 348 g/mol. The van der Waals surface area contributed by atoms with Gasteiger partial charge in [0.15, 0.2) is 0 Å². The number of hydrogen-bond acceptors (Lipinski definition) is 1. The molecule has 0 amide bonds. The van der Waals surface area contributed by atoms with Crippen LogP contribution < -0.4 is 5.32 Å². The smallest absolute Gasteiger partial charge is 0.127 e. The molecule has 2 unspecified atom stereocenters. The summed E-state index contributed by atoms with van der Waals surface area (Å²) in [6.45, 7) is 0.873. The fraction of sp³-hybridized carbons (Fsp3) is 0.304. The number of fused-ring (bicyclic) bond motifs is 1. The number of rotatable bonds is 6. The van der Waals surface area contributed by atoms with Gasteiger partial charge in [0.25, 0.3) is 0 Å². The van der Waals surface area contributed by atoms with Crippen molar-refractivity contribution in [1.82, 2.24) is 10.3 Å². The Kier molecular flexibility index (Phi) is 5.16. The first-order chi connectivity index (χ1) is 12.8. The average Bonchev–Trinajstić information content (AvgIpc) is 3.09. The van der Waals surface area contributed by atoms with Crippen molar-refractivity contribution in [3.05, 3.63) is 83.8 Å². The van der Waals surface area contributed by atoms with Crippen LogP contribution in [0.5, 0.6) is 0 Å². The SMILES string of the molecule is Fc1ccccc1C1C=CCNC1CCCCc1c[nH]c2ccccc12. The molecule has 0 fully saturated rings. The largest absolute Gasteiger partial charge is 0.361 e. The molecule has 2 aromatic carbocycles. The first-order valence-corrected chi connectivity index (χ1v) is 9.52. The predicted octanol–water partition coefficient (Wildman–Crippen LogP) is 5.33. The third-order valence-corrected chi connectivity index (χ3v) is 5.43. The summed E-state index contributed by atoms with van der Waals surface area (Å²) >= 11 is 0. The molecular weight excluding hydrogens is 323 g/mol. The van der Waals surface area contributed by atoms with Gasteiger partial charge >= 0.3 is 0 Å². The van der Waals surface area contributed by atoms with E-state index >= 15 is 0 Å². The molecule has 26 heavy (non-hydrogen) atoms. The van der Waals surface area contributed by atoms with Gasteiger partial charge in [-0.3, -0.25) is 0 Å². The third-order valence-electron chi connectivity index (χ3n) is 5.43. The van der Waals surface area contributed by atoms with Gasteiger partial charge in [0.2, 0.25) is 0 Å². The molecule has 2 nitrogen and oxygen atoms in total. The van der Waals surface area contributed by atoms with Crippen LogP contribution in [0.25, 0.3) is 10.9 Å². The topological polar surface area (TPSA) is 27.8 Å². The van der Waals surface area contributed by atoms with E-state index in [0.717, 1.165) is 37.8 Å². The number of aromatic nitrogens is 1. The summed E-state index contributed by atoms with van der Waals surface area (Å²) in [5.74, 6) is 0.0210. The number of hydrogen-bond donors (Lipinski definition) is 2. The molecule has 2 heterocycles. The zero-order valence-electron chi connectivity index (χ0n) is 14.9. The van der Waals surface area contributed by atoms with Gasteiger partial charge in [0.1, 0.15) is 5.82 Å².